The normalized spacial score (nSPS) is 10.5. The molecule has 1 aromatic carbocycles. The Hall–Kier alpha value is -1.49. The van der Waals surface area contributed by atoms with Gasteiger partial charge in [-0.2, -0.15) is 0 Å². The van der Waals surface area contributed by atoms with Crippen molar-refractivity contribution in [2.24, 2.45) is 0 Å². The van der Waals surface area contributed by atoms with Crippen LogP contribution in [0.2, 0.25) is 0 Å². The van der Waals surface area contributed by atoms with Crippen LogP contribution in [0.25, 0.3) is 0 Å². The fraction of sp³-hybridized carbons (Fsp3) is 0.250. The van der Waals surface area contributed by atoms with Crippen LogP contribution in [0.1, 0.15) is 12.7 Å². The number of aromatic hydroxyl groups is 1. The Morgan fingerprint density at radius 2 is 2.18 bits per heavy atom. The summed E-state index contributed by atoms with van der Waals surface area (Å²) in [6, 6.07) is 6.89. The van der Waals surface area contributed by atoms with E-state index in [1.165, 1.54) is 0 Å². The molecule has 0 aliphatic heterocycles. The third-order valence-electron chi connectivity index (χ3n) is 2.39. The Morgan fingerprint density at radius 3 is 2.88 bits per heavy atom. The third-order valence-corrected chi connectivity index (χ3v) is 2.77. The molecule has 0 radical (unpaired) electrons. The highest BCUT2D eigenvalue weighted by Gasteiger charge is 2.07. The van der Waals surface area contributed by atoms with Gasteiger partial charge in [-0.05, 0) is 35.0 Å². The number of aromatic nitrogens is 2. The lowest BCUT2D eigenvalue weighted by atomic mass is 10.3. The molecule has 0 bridgehead atoms. The zero-order valence-electron chi connectivity index (χ0n) is 9.43. The van der Waals surface area contributed by atoms with Gasteiger partial charge in [0, 0.05) is 12.7 Å². The molecular weight excluding hydrogens is 284 g/mol. The smallest absolute Gasteiger partial charge is 0.161 e. The maximum Gasteiger partial charge on any atom is 0.161 e. The van der Waals surface area contributed by atoms with Crippen LogP contribution in [0.5, 0.6) is 11.5 Å². The maximum absolute atomic E-state index is 9.56. The minimum atomic E-state index is 0.140. The number of phenols is 1. The van der Waals surface area contributed by atoms with E-state index in [0.29, 0.717) is 12.4 Å². The second kappa shape index (κ2) is 5.23. The van der Waals surface area contributed by atoms with Crippen LogP contribution < -0.4 is 4.74 Å². The summed E-state index contributed by atoms with van der Waals surface area (Å²) in [5.74, 6) is 1.43. The van der Waals surface area contributed by atoms with Gasteiger partial charge in [0.2, 0.25) is 0 Å². The molecule has 0 unspecified atom stereocenters. The number of rotatable bonds is 4. The lowest BCUT2D eigenvalue weighted by Crippen LogP contribution is -2.05. The van der Waals surface area contributed by atoms with Crippen molar-refractivity contribution < 1.29 is 9.84 Å². The number of phenolic OH excluding ortho intramolecular Hbond substituents is 1. The number of hydrogen-bond acceptors (Lipinski definition) is 3. The lowest BCUT2D eigenvalue weighted by Gasteiger charge is -2.08. The van der Waals surface area contributed by atoms with Crippen molar-refractivity contribution >= 4 is 15.9 Å². The summed E-state index contributed by atoms with van der Waals surface area (Å²) in [6.45, 7) is 3.20. The van der Waals surface area contributed by atoms with E-state index in [0.717, 1.165) is 17.0 Å². The summed E-state index contributed by atoms with van der Waals surface area (Å²) >= 11 is 3.33. The van der Waals surface area contributed by atoms with Gasteiger partial charge in [0.05, 0.1) is 0 Å². The summed E-state index contributed by atoms with van der Waals surface area (Å²) in [7, 11) is 0. The van der Waals surface area contributed by atoms with Crippen LogP contribution in [0.15, 0.2) is 35.1 Å². The molecule has 4 nitrogen and oxygen atoms in total. The minimum Gasteiger partial charge on any atom is -0.504 e. The summed E-state index contributed by atoms with van der Waals surface area (Å²) in [5, 5.41) is 9.56. The van der Waals surface area contributed by atoms with Crippen molar-refractivity contribution in [2.45, 2.75) is 20.1 Å². The summed E-state index contributed by atoms with van der Waals surface area (Å²) in [5.41, 5.74) is 0. The largest absolute Gasteiger partial charge is 0.504 e. The van der Waals surface area contributed by atoms with Gasteiger partial charge >= 0.3 is 0 Å². The average Bonchev–Trinajstić information content (AvgIpc) is 2.69. The number of benzene rings is 1. The molecule has 17 heavy (non-hydrogen) atoms. The quantitative estimate of drug-likeness (QED) is 0.944. The first-order chi connectivity index (χ1) is 8.20. The number of imidazole rings is 1. The first-order valence-corrected chi connectivity index (χ1v) is 6.12. The second-order valence-electron chi connectivity index (χ2n) is 3.52. The topological polar surface area (TPSA) is 47.3 Å². The zero-order chi connectivity index (χ0) is 12.3. The first kappa shape index (κ1) is 12.0. The SMILES string of the molecule is CCn1cc(Br)nc1COc1ccccc1O. The number of ether oxygens (including phenoxy) is 1. The number of aryl methyl sites for hydroxylation is 1. The van der Waals surface area contributed by atoms with Crippen molar-refractivity contribution in [3.8, 4) is 11.5 Å². The van der Waals surface area contributed by atoms with Crippen molar-refractivity contribution in [3.63, 3.8) is 0 Å². The first-order valence-electron chi connectivity index (χ1n) is 5.33. The fourth-order valence-corrected chi connectivity index (χ4v) is 1.98. The molecule has 0 saturated carbocycles. The standard InChI is InChI=1S/C12H13BrN2O2/c1-2-15-7-11(13)14-12(15)8-17-10-6-4-3-5-9(10)16/h3-7,16H,2,8H2,1H3. The third kappa shape index (κ3) is 2.79. The number of hydrogen-bond donors (Lipinski definition) is 1. The van der Waals surface area contributed by atoms with Gasteiger partial charge in [0.15, 0.2) is 11.5 Å². The predicted octanol–water partition coefficient (Wildman–Crippen LogP) is 2.95. The van der Waals surface area contributed by atoms with Gasteiger partial charge in [0.1, 0.15) is 17.0 Å². The number of halogens is 1. The Kier molecular flexibility index (Phi) is 3.68. The van der Waals surface area contributed by atoms with Gasteiger partial charge in [0.25, 0.3) is 0 Å². The van der Waals surface area contributed by atoms with E-state index in [4.69, 9.17) is 4.74 Å². The van der Waals surface area contributed by atoms with E-state index in [1.54, 1.807) is 18.2 Å². The van der Waals surface area contributed by atoms with Crippen LogP contribution in [0.4, 0.5) is 0 Å². The summed E-state index contributed by atoms with van der Waals surface area (Å²) in [4.78, 5) is 4.30. The lowest BCUT2D eigenvalue weighted by molar-refractivity contribution is 0.275. The number of nitrogens with zero attached hydrogens (tertiary/aromatic N) is 2. The van der Waals surface area contributed by atoms with E-state index >= 15 is 0 Å². The Labute approximate surface area is 108 Å². The Bertz CT molecular complexity index is 511. The van der Waals surface area contributed by atoms with Crippen LogP contribution in [0, 0.1) is 0 Å². The van der Waals surface area contributed by atoms with Gasteiger partial charge in [-0.15, -0.1) is 0 Å². The van der Waals surface area contributed by atoms with Gasteiger partial charge in [-0.1, -0.05) is 12.1 Å². The van der Waals surface area contributed by atoms with E-state index in [9.17, 15) is 5.11 Å². The number of para-hydroxylation sites is 2. The van der Waals surface area contributed by atoms with Crippen LogP contribution in [0.3, 0.4) is 0 Å². The van der Waals surface area contributed by atoms with Crippen LogP contribution in [-0.2, 0) is 13.2 Å². The molecule has 1 heterocycles. The van der Waals surface area contributed by atoms with Crippen molar-refractivity contribution in [3.05, 3.63) is 40.9 Å². The van der Waals surface area contributed by atoms with Crippen LogP contribution in [-0.4, -0.2) is 14.7 Å². The van der Waals surface area contributed by atoms with E-state index in [1.807, 2.05) is 23.8 Å². The molecule has 0 saturated heterocycles. The van der Waals surface area contributed by atoms with E-state index in [-0.39, 0.29) is 5.75 Å². The van der Waals surface area contributed by atoms with Gasteiger partial charge < -0.3 is 14.4 Å². The van der Waals surface area contributed by atoms with Crippen LogP contribution >= 0.6 is 15.9 Å². The highest BCUT2D eigenvalue weighted by molar-refractivity contribution is 9.10. The Morgan fingerprint density at radius 1 is 1.41 bits per heavy atom. The van der Waals surface area contributed by atoms with Crippen molar-refractivity contribution in [2.75, 3.05) is 0 Å². The van der Waals surface area contributed by atoms with Gasteiger partial charge in [-0.25, -0.2) is 4.98 Å². The molecule has 0 spiro atoms. The molecule has 0 fully saturated rings. The molecule has 2 rings (SSSR count). The van der Waals surface area contributed by atoms with Gasteiger partial charge in [-0.3, -0.25) is 0 Å². The average molecular weight is 297 g/mol. The molecule has 5 heteroatoms. The molecule has 0 aliphatic rings. The van der Waals surface area contributed by atoms with Crippen molar-refractivity contribution in [1.29, 1.82) is 0 Å². The predicted molar refractivity (Wildman–Crippen MR) is 68.0 cm³/mol. The monoisotopic (exact) mass is 296 g/mol. The van der Waals surface area contributed by atoms with E-state index in [2.05, 4.69) is 20.9 Å². The zero-order valence-corrected chi connectivity index (χ0v) is 11.0. The van der Waals surface area contributed by atoms with Crippen molar-refractivity contribution in [1.82, 2.24) is 9.55 Å². The molecule has 0 aliphatic carbocycles. The minimum absolute atomic E-state index is 0.140. The summed E-state index contributed by atoms with van der Waals surface area (Å²) < 4.78 is 8.30. The molecule has 90 valence electrons. The second-order valence-corrected chi connectivity index (χ2v) is 4.33. The molecular formula is C12H13BrN2O2. The fourth-order valence-electron chi connectivity index (χ4n) is 1.53. The molecule has 2 aromatic rings. The maximum atomic E-state index is 9.56. The molecule has 1 N–H and O–H groups in total. The molecule has 0 amide bonds. The van der Waals surface area contributed by atoms with E-state index < -0.39 is 0 Å². The highest BCUT2D eigenvalue weighted by Crippen LogP contribution is 2.25. The Balaban J connectivity index is 2.09. The molecule has 0 atom stereocenters. The highest BCUT2D eigenvalue weighted by atomic mass is 79.9. The molecule has 1 aromatic heterocycles. The summed E-state index contributed by atoms with van der Waals surface area (Å²) in [6.07, 6.45) is 1.91.